The average Bonchev–Trinajstić information content (AvgIpc) is 3.25. The van der Waals surface area contributed by atoms with Gasteiger partial charge in [-0.2, -0.15) is 0 Å². The molecule has 0 spiro atoms. The van der Waals surface area contributed by atoms with E-state index in [0.717, 1.165) is 6.42 Å². The van der Waals surface area contributed by atoms with E-state index in [2.05, 4.69) is 33.1 Å². The fourth-order valence-corrected chi connectivity index (χ4v) is 4.21. The molecule has 1 fully saturated rings. The molecule has 1 saturated heterocycles. The minimum Gasteiger partial charge on any atom is -0.382 e. The molecule has 2 N–H and O–H groups in total. The Hall–Kier alpha value is -1.67. The molecule has 0 amide bonds. The number of hydrogen-bond acceptors (Lipinski definition) is 9. The lowest BCUT2D eigenvalue weighted by molar-refractivity contribution is -0.0806. The van der Waals surface area contributed by atoms with Gasteiger partial charge in [-0.3, -0.25) is 9.13 Å². The molecule has 0 saturated carbocycles. The Balaban J connectivity index is 1.98. The van der Waals surface area contributed by atoms with E-state index in [0.29, 0.717) is 11.2 Å². The first-order valence-electron chi connectivity index (χ1n) is 9.49. The molecular weight excluding hydrogens is 429 g/mol. The molecule has 1 aliphatic rings. The van der Waals surface area contributed by atoms with Gasteiger partial charge in [-0.15, -0.1) is 6.42 Å². The molecule has 2 aromatic rings. The number of imidazole rings is 1. The summed E-state index contributed by atoms with van der Waals surface area (Å²) < 4.78 is 37.8. The SMILES string of the molecule is C#CCOC1C(OP(C)(=O)S)C(COC(C)CC)OC1n1cnc2c(N)ncnc21. The van der Waals surface area contributed by atoms with E-state index in [1.807, 2.05) is 13.8 Å². The van der Waals surface area contributed by atoms with Gasteiger partial charge in [0.2, 0.25) is 0 Å². The Labute approximate surface area is 180 Å². The first-order valence-corrected chi connectivity index (χ1v) is 12.7. The van der Waals surface area contributed by atoms with Crippen LogP contribution in [0.25, 0.3) is 11.2 Å². The Bertz CT molecular complexity index is 960. The van der Waals surface area contributed by atoms with Crippen molar-refractivity contribution in [2.75, 3.05) is 25.6 Å². The number of hydrogen-bond donors (Lipinski definition) is 2. The summed E-state index contributed by atoms with van der Waals surface area (Å²) in [7, 11) is 0. The van der Waals surface area contributed by atoms with Crippen LogP contribution in [0, 0.1) is 12.3 Å². The third kappa shape index (κ3) is 5.14. The predicted molar refractivity (Wildman–Crippen MR) is 115 cm³/mol. The highest BCUT2D eigenvalue weighted by atomic mass is 32.7. The number of anilines is 1. The van der Waals surface area contributed by atoms with Gasteiger partial charge in [-0.05, 0) is 13.3 Å². The number of ether oxygens (including phenoxy) is 3. The summed E-state index contributed by atoms with van der Waals surface area (Å²) in [6, 6.07) is 0. The molecule has 12 heteroatoms. The van der Waals surface area contributed by atoms with Crippen LogP contribution in [0.3, 0.4) is 0 Å². The maximum Gasteiger partial charge on any atom is 0.252 e. The van der Waals surface area contributed by atoms with Gasteiger partial charge in [-0.25, -0.2) is 15.0 Å². The van der Waals surface area contributed by atoms with Gasteiger partial charge < -0.3 is 24.5 Å². The minimum absolute atomic E-state index is 0.00761. The number of terminal acetylenes is 1. The Morgan fingerprint density at radius 3 is 2.87 bits per heavy atom. The Kier molecular flexibility index (Phi) is 7.39. The molecule has 6 unspecified atom stereocenters. The first-order chi connectivity index (χ1) is 14.2. The number of fused-ring (bicyclic) bond motifs is 1. The van der Waals surface area contributed by atoms with Crippen LogP contribution in [0.5, 0.6) is 0 Å². The van der Waals surface area contributed by atoms with Crippen molar-refractivity contribution < 1.29 is 23.3 Å². The molecule has 0 aromatic carbocycles. The van der Waals surface area contributed by atoms with Crippen molar-refractivity contribution in [2.45, 2.75) is 50.9 Å². The topological polar surface area (TPSA) is 124 Å². The van der Waals surface area contributed by atoms with Crippen molar-refractivity contribution in [3.05, 3.63) is 12.7 Å². The van der Waals surface area contributed by atoms with Gasteiger partial charge in [0.1, 0.15) is 36.8 Å². The average molecular weight is 455 g/mol. The van der Waals surface area contributed by atoms with Gasteiger partial charge in [0, 0.05) is 6.66 Å². The van der Waals surface area contributed by atoms with E-state index < -0.39 is 31.1 Å². The summed E-state index contributed by atoms with van der Waals surface area (Å²) in [5.41, 5.74) is 6.80. The minimum atomic E-state index is -3.18. The van der Waals surface area contributed by atoms with Crippen LogP contribution in [0.2, 0.25) is 0 Å². The lowest BCUT2D eigenvalue weighted by Crippen LogP contribution is -2.38. The van der Waals surface area contributed by atoms with Gasteiger partial charge in [0.15, 0.2) is 17.7 Å². The number of nitrogens with two attached hydrogens (primary N) is 1. The standard InChI is InChI=1S/C18H26N5O5PS/c1-5-7-25-15-14(28-29(4,24)30)12(8-26-11(3)6-2)27-18(15)23-10-22-13-16(19)20-9-21-17(13)23/h1,9-12,14-15,18H,6-8H2,2-4H3,(H,24,30)(H2,19,20,21). The molecule has 0 radical (unpaired) electrons. The number of nitrogen functional groups attached to an aromatic ring is 1. The maximum absolute atomic E-state index is 12.4. The lowest BCUT2D eigenvalue weighted by atomic mass is 10.1. The molecule has 0 aliphatic carbocycles. The molecular formula is C18H26N5O5PS. The quantitative estimate of drug-likeness (QED) is 0.333. The van der Waals surface area contributed by atoms with Gasteiger partial charge in [-0.1, -0.05) is 25.1 Å². The third-order valence-corrected chi connectivity index (χ3v) is 5.66. The van der Waals surface area contributed by atoms with Gasteiger partial charge >= 0.3 is 0 Å². The number of rotatable bonds is 9. The van der Waals surface area contributed by atoms with Crippen molar-refractivity contribution in [3.63, 3.8) is 0 Å². The van der Waals surface area contributed by atoms with E-state index in [1.165, 1.54) is 19.3 Å². The van der Waals surface area contributed by atoms with Gasteiger partial charge in [0.05, 0.1) is 19.0 Å². The maximum atomic E-state index is 12.4. The molecule has 2 aromatic heterocycles. The highest BCUT2D eigenvalue weighted by molar-refractivity contribution is 8.46. The predicted octanol–water partition coefficient (Wildman–Crippen LogP) is 2.28. The van der Waals surface area contributed by atoms with E-state index in [1.54, 1.807) is 4.57 Å². The van der Waals surface area contributed by atoms with Crippen LogP contribution < -0.4 is 5.73 Å². The molecule has 30 heavy (non-hydrogen) atoms. The zero-order valence-electron chi connectivity index (χ0n) is 17.0. The summed E-state index contributed by atoms with van der Waals surface area (Å²) in [4.78, 5) is 12.5. The number of nitrogens with zero attached hydrogens (tertiary/aromatic N) is 4. The molecule has 1 aliphatic heterocycles. The van der Waals surface area contributed by atoms with Crippen LogP contribution >= 0.6 is 18.8 Å². The monoisotopic (exact) mass is 455 g/mol. The first kappa shape index (κ1) is 23.0. The number of aromatic nitrogens is 4. The van der Waals surface area contributed by atoms with E-state index in [-0.39, 0.29) is 25.1 Å². The van der Waals surface area contributed by atoms with E-state index >= 15 is 0 Å². The van der Waals surface area contributed by atoms with Crippen molar-refractivity contribution in [1.82, 2.24) is 19.5 Å². The molecule has 3 rings (SSSR count). The lowest BCUT2D eigenvalue weighted by Gasteiger charge is -2.26. The summed E-state index contributed by atoms with van der Waals surface area (Å²) in [5.74, 6) is 2.69. The second-order valence-corrected chi connectivity index (χ2v) is 11.0. The number of thiol groups is 1. The molecule has 10 nitrogen and oxygen atoms in total. The molecule has 164 valence electrons. The fraction of sp³-hybridized carbons (Fsp3) is 0.611. The largest absolute Gasteiger partial charge is 0.382 e. The van der Waals surface area contributed by atoms with Crippen molar-refractivity contribution >= 4 is 35.8 Å². The fourth-order valence-electron chi connectivity index (χ4n) is 3.17. The highest BCUT2D eigenvalue weighted by Crippen LogP contribution is 2.52. The summed E-state index contributed by atoms with van der Waals surface area (Å²) in [6.07, 6.45) is 6.38. The van der Waals surface area contributed by atoms with Crippen molar-refractivity contribution in [1.29, 1.82) is 0 Å². The van der Waals surface area contributed by atoms with Crippen LogP contribution in [0.4, 0.5) is 5.82 Å². The Morgan fingerprint density at radius 1 is 1.43 bits per heavy atom. The zero-order chi connectivity index (χ0) is 21.9. The van der Waals surface area contributed by atoms with E-state index in [9.17, 15) is 4.57 Å². The highest BCUT2D eigenvalue weighted by Gasteiger charge is 2.49. The van der Waals surface area contributed by atoms with Crippen LogP contribution in [-0.2, 0) is 23.3 Å². The molecule has 3 heterocycles. The van der Waals surface area contributed by atoms with Gasteiger partial charge in [0.25, 0.3) is 6.57 Å². The Morgan fingerprint density at radius 2 is 2.20 bits per heavy atom. The van der Waals surface area contributed by atoms with Crippen LogP contribution in [-0.4, -0.2) is 63.8 Å². The summed E-state index contributed by atoms with van der Waals surface area (Å²) in [6.45, 7) is 2.43. The molecule has 0 bridgehead atoms. The van der Waals surface area contributed by atoms with Crippen LogP contribution in [0.15, 0.2) is 12.7 Å². The second kappa shape index (κ2) is 9.64. The third-order valence-electron chi connectivity index (χ3n) is 4.74. The van der Waals surface area contributed by atoms with Crippen LogP contribution in [0.1, 0.15) is 26.5 Å². The van der Waals surface area contributed by atoms with Crippen molar-refractivity contribution in [2.24, 2.45) is 0 Å². The smallest absolute Gasteiger partial charge is 0.252 e. The summed E-state index contributed by atoms with van der Waals surface area (Å²) in [5, 5.41) is 0. The zero-order valence-corrected chi connectivity index (χ0v) is 18.8. The van der Waals surface area contributed by atoms with Crippen molar-refractivity contribution in [3.8, 4) is 12.3 Å². The summed E-state index contributed by atoms with van der Waals surface area (Å²) >= 11 is 4.09. The molecule has 6 atom stereocenters. The second-order valence-electron chi connectivity index (χ2n) is 7.05. The normalized spacial score (nSPS) is 27.0. The van der Waals surface area contributed by atoms with E-state index in [4.69, 9.17) is 30.9 Å².